The molecule has 0 aliphatic carbocycles. The minimum atomic E-state index is -3.61. The Kier molecular flexibility index (Phi) is 8.05. The SMILES string of the molecule is CCOc1ccc(-n2c(C(C)N3CCN(S(=O)(=O)c4ccc(C(C)(C)C)cc4)CC3)nc3ccccc3c2=O)cc1. The molecule has 9 heteroatoms. The Morgan fingerprint density at radius 2 is 1.54 bits per heavy atom. The molecule has 216 valence electrons. The quantitative estimate of drug-likeness (QED) is 0.304. The van der Waals surface area contributed by atoms with Gasteiger partial charge in [0, 0.05) is 26.2 Å². The van der Waals surface area contributed by atoms with Crippen LogP contribution in [0.1, 0.15) is 52.0 Å². The van der Waals surface area contributed by atoms with Crippen LogP contribution in [0.5, 0.6) is 5.75 Å². The van der Waals surface area contributed by atoms with Crippen molar-refractivity contribution in [2.24, 2.45) is 0 Å². The van der Waals surface area contributed by atoms with E-state index in [0.29, 0.717) is 60.1 Å². The maximum absolute atomic E-state index is 13.8. The summed E-state index contributed by atoms with van der Waals surface area (Å²) in [5.41, 5.74) is 2.26. The van der Waals surface area contributed by atoms with E-state index in [1.165, 1.54) is 0 Å². The van der Waals surface area contributed by atoms with Crippen LogP contribution in [0, 0.1) is 0 Å². The summed E-state index contributed by atoms with van der Waals surface area (Å²) in [5, 5.41) is 0.547. The highest BCUT2D eigenvalue weighted by Gasteiger charge is 2.32. The fourth-order valence-electron chi connectivity index (χ4n) is 5.31. The van der Waals surface area contributed by atoms with Gasteiger partial charge in [-0.3, -0.25) is 14.3 Å². The first kappa shape index (κ1) is 29.0. The molecule has 5 rings (SSSR count). The lowest BCUT2D eigenvalue weighted by atomic mass is 9.87. The fraction of sp³-hybridized carbons (Fsp3) is 0.375. The molecular formula is C32H38N4O4S. The number of hydrogen-bond acceptors (Lipinski definition) is 6. The molecule has 0 amide bonds. The van der Waals surface area contributed by atoms with Gasteiger partial charge in [0.15, 0.2) is 0 Å². The first-order chi connectivity index (χ1) is 19.5. The van der Waals surface area contributed by atoms with Crippen LogP contribution < -0.4 is 10.3 Å². The standard InChI is InChI=1S/C32H38N4O4S/c1-6-40-26-15-13-25(14-16-26)36-30(33-29-10-8-7-9-28(29)31(36)37)23(2)34-19-21-35(22-20-34)41(38,39)27-17-11-24(12-18-27)32(3,4)5/h7-18,23H,6,19-22H2,1-5H3. The number of para-hydroxylation sites is 1. The third-order valence-corrected chi connectivity index (χ3v) is 9.67. The number of piperazine rings is 1. The molecule has 1 aliphatic rings. The molecule has 0 bridgehead atoms. The Bertz CT molecular complexity index is 1680. The van der Waals surface area contributed by atoms with E-state index in [9.17, 15) is 13.2 Å². The van der Waals surface area contributed by atoms with Gasteiger partial charge in [-0.15, -0.1) is 0 Å². The van der Waals surface area contributed by atoms with Gasteiger partial charge in [-0.05, 0) is 73.4 Å². The molecule has 2 heterocycles. The summed E-state index contributed by atoms with van der Waals surface area (Å²) in [6.45, 7) is 12.6. The lowest BCUT2D eigenvalue weighted by Crippen LogP contribution is -2.49. The van der Waals surface area contributed by atoms with Crippen molar-refractivity contribution in [3.05, 3.63) is 94.5 Å². The van der Waals surface area contributed by atoms with E-state index < -0.39 is 10.0 Å². The summed E-state index contributed by atoms with van der Waals surface area (Å²) in [7, 11) is -3.61. The topological polar surface area (TPSA) is 84.7 Å². The highest BCUT2D eigenvalue weighted by molar-refractivity contribution is 7.89. The molecule has 41 heavy (non-hydrogen) atoms. The van der Waals surface area contributed by atoms with Gasteiger partial charge in [0.2, 0.25) is 10.0 Å². The van der Waals surface area contributed by atoms with Gasteiger partial charge in [0.05, 0.1) is 34.1 Å². The molecular weight excluding hydrogens is 536 g/mol. The zero-order valence-electron chi connectivity index (χ0n) is 24.4. The van der Waals surface area contributed by atoms with Crippen LogP contribution in [-0.2, 0) is 15.4 Å². The number of hydrogen-bond donors (Lipinski definition) is 0. The van der Waals surface area contributed by atoms with Crippen LogP contribution >= 0.6 is 0 Å². The van der Waals surface area contributed by atoms with Gasteiger partial charge >= 0.3 is 0 Å². The maximum Gasteiger partial charge on any atom is 0.266 e. The Hall–Kier alpha value is -3.53. The first-order valence-corrected chi connectivity index (χ1v) is 15.5. The molecule has 0 saturated carbocycles. The largest absolute Gasteiger partial charge is 0.494 e. The van der Waals surface area contributed by atoms with Crippen molar-refractivity contribution in [2.75, 3.05) is 32.8 Å². The van der Waals surface area contributed by atoms with Gasteiger partial charge in [-0.2, -0.15) is 4.31 Å². The van der Waals surface area contributed by atoms with Crippen molar-refractivity contribution in [1.82, 2.24) is 18.8 Å². The molecule has 1 atom stereocenters. The van der Waals surface area contributed by atoms with E-state index in [1.807, 2.05) is 68.4 Å². The average Bonchev–Trinajstić information content (AvgIpc) is 2.97. The second kappa shape index (κ2) is 11.4. The minimum Gasteiger partial charge on any atom is -0.494 e. The molecule has 1 aliphatic heterocycles. The van der Waals surface area contributed by atoms with Crippen molar-refractivity contribution >= 4 is 20.9 Å². The molecule has 3 aromatic carbocycles. The molecule has 8 nitrogen and oxygen atoms in total. The van der Waals surface area contributed by atoms with E-state index >= 15 is 0 Å². The lowest BCUT2D eigenvalue weighted by molar-refractivity contribution is 0.140. The van der Waals surface area contributed by atoms with E-state index in [4.69, 9.17) is 9.72 Å². The first-order valence-electron chi connectivity index (χ1n) is 14.1. The molecule has 0 spiro atoms. The zero-order valence-corrected chi connectivity index (χ0v) is 25.2. The average molecular weight is 575 g/mol. The summed E-state index contributed by atoms with van der Waals surface area (Å²) in [6.07, 6.45) is 0. The number of benzene rings is 3. The molecule has 1 saturated heterocycles. The van der Waals surface area contributed by atoms with Crippen molar-refractivity contribution in [2.45, 2.75) is 51.0 Å². The Balaban J connectivity index is 1.41. The fourth-order valence-corrected chi connectivity index (χ4v) is 6.73. The molecule has 1 aromatic heterocycles. The molecule has 0 radical (unpaired) electrons. The van der Waals surface area contributed by atoms with Gasteiger partial charge < -0.3 is 4.74 Å². The van der Waals surface area contributed by atoms with E-state index in [-0.39, 0.29) is 17.0 Å². The molecule has 0 N–H and O–H groups in total. The zero-order chi connectivity index (χ0) is 29.4. The number of aromatic nitrogens is 2. The predicted octanol–water partition coefficient (Wildman–Crippen LogP) is 5.15. The summed E-state index contributed by atoms with van der Waals surface area (Å²) in [5.74, 6) is 1.35. The Morgan fingerprint density at radius 3 is 2.15 bits per heavy atom. The van der Waals surface area contributed by atoms with Gasteiger partial charge in [-0.25, -0.2) is 13.4 Å². The van der Waals surface area contributed by atoms with E-state index in [1.54, 1.807) is 27.1 Å². The van der Waals surface area contributed by atoms with Crippen LogP contribution in [0.4, 0.5) is 0 Å². The van der Waals surface area contributed by atoms with Gasteiger partial charge in [0.1, 0.15) is 11.6 Å². The van der Waals surface area contributed by atoms with Crippen LogP contribution in [0.3, 0.4) is 0 Å². The number of fused-ring (bicyclic) bond motifs is 1. The highest BCUT2D eigenvalue weighted by Crippen LogP contribution is 2.28. The summed E-state index contributed by atoms with van der Waals surface area (Å²) in [6, 6.07) is 21.8. The molecule has 1 unspecified atom stereocenters. The Labute approximate surface area is 242 Å². The maximum atomic E-state index is 13.8. The molecule has 1 fully saturated rings. The van der Waals surface area contributed by atoms with Gasteiger partial charge in [-0.1, -0.05) is 45.0 Å². The normalized spacial score (nSPS) is 16.1. The van der Waals surface area contributed by atoms with E-state index in [2.05, 4.69) is 25.7 Å². The monoisotopic (exact) mass is 574 g/mol. The second-order valence-electron chi connectivity index (χ2n) is 11.4. The second-order valence-corrected chi connectivity index (χ2v) is 13.4. The predicted molar refractivity (Wildman–Crippen MR) is 162 cm³/mol. The van der Waals surface area contributed by atoms with Crippen LogP contribution in [-0.4, -0.2) is 60.0 Å². The van der Waals surface area contributed by atoms with Crippen LogP contribution in [0.25, 0.3) is 16.6 Å². The number of sulfonamides is 1. The summed E-state index contributed by atoms with van der Waals surface area (Å²) < 4.78 is 35.7. The third kappa shape index (κ3) is 5.80. The van der Waals surface area contributed by atoms with Crippen molar-refractivity contribution in [3.63, 3.8) is 0 Å². The van der Waals surface area contributed by atoms with Crippen LogP contribution in [0.2, 0.25) is 0 Å². The van der Waals surface area contributed by atoms with Gasteiger partial charge in [0.25, 0.3) is 5.56 Å². The number of ether oxygens (including phenoxy) is 1. The highest BCUT2D eigenvalue weighted by atomic mass is 32.2. The third-order valence-electron chi connectivity index (χ3n) is 7.76. The lowest BCUT2D eigenvalue weighted by Gasteiger charge is -2.37. The summed E-state index contributed by atoms with van der Waals surface area (Å²) in [4.78, 5) is 21.2. The van der Waals surface area contributed by atoms with Crippen molar-refractivity contribution in [3.8, 4) is 11.4 Å². The molecule has 4 aromatic rings. The van der Waals surface area contributed by atoms with Crippen molar-refractivity contribution in [1.29, 1.82) is 0 Å². The van der Waals surface area contributed by atoms with Crippen molar-refractivity contribution < 1.29 is 13.2 Å². The number of nitrogens with zero attached hydrogens (tertiary/aromatic N) is 4. The Morgan fingerprint density at radius 1 is 0.902 bits per heavy atom. The summed E-state index contributed by atoms with van der Waals surface area (Å²) >= 11 is 0. The number of rotatable bonds is 7. The smallest absolute Gasteiger partial charge is 0.266 e. The minimum absolute atomic E-state index is 0.0486. The van der Waals surface area contributed by atoms with E-state index in [0.717, 1.165) is 11.3 Å². The van der Waals surface area contributed by atoms with Crippen LogP contribution in [0.15, 0.2) is 82.5 Å².